The van der Waals surface area contributed by atoms with E-state index < -0.39 is 4.92 Å². The zero-order valence-electron chi connectivity index (χ0n) is 12.2. The highest BCUT2D eigenvalue weighted by molar-refractivity contribution is 5.96. The monoisotopic (exact) mass is 292 g/mol. The number of carbonyl (C=O) groups excluding carboxylic acids is 1. The van der Waals surface area contributed by atoms with Gasteiger partial charge in [0, 0.05) is 24.2 Å². The molecule has 1 fully saturated rings. The highest BCUT2D eigenvalue weighted by Crippen LogP contribution is 2.28. The molecule has 0 saturated carbocycles. The summed E-state index contributed by atoms with van der Waals surface area (Å²) in [6.45, 7) is 4.87. The van der Waals surface area contributed by atoms with E-state index in [-0.39, 0.29) is 23.3 Å². The highest BCUT2D eigenvalue weighted by Gasteiger charge is 2.28. The van der Waals surface area contributed by atoms with Gasteiger partial charge in [0.05, 0.1) is 4.92 Å². The summed E-state index contributed by atoms with van der Waals surface area (Å²) in [5.74, 6) is 5.68. The van der Waals surface area contributed by atoms with Crippen molar-refractivity contribution in [3.63, 3.8) is 0 Å². The fourth-order valence-corrected chi connectivity index (χ4v) is 2.81. The van der Waals surface area contributed by atoms with Crippen molar-refractivity contribution < 1.29 is 9.72 Å². The minimum absolute atomic E-state index is 0.146. The molecule has 3 N–H and O–H groups in total. The lowest BCUT2D eigenvalue weighted by atomic mass is 9.93. The number of nitro benzene ring substituents is 1. The van der Waals surface area contributed by atoms with Gasteiger partial charge in [-0.2, -0.15) is 0 Å². The Kier molecular flexibility index (Phi) is 4.42. The number of carbonyl (C=O) groups is 1. The summed E-state index contributed by atoms with van der Waals surface area (Å²) in [4.78, 5) is 24.8. The molecule has 1 saturated heterocycles. The summed E-state index contributed by atoms with van der Waals surface area (Å²) in [5.41, 5.74) is 2.59. The van der Waals surface area contributed by atoms with Crippen molar-refractivity contribution in [2.75, 3.05) is 12.0 Å². The lowest BCUT2D eigenvalue weighted by molar-refractivity contribution is -0.384. The van der Waals surface area contributed by atoms with Crippen molar-refractivity contribution in [1.29, 1.82) is 0 Å². The van der Waals surface area contributed by atoms with Crippen LogP contribution in [0, 0.1) is 16.0 Å². The van der Waals surface area contributed by atoms with Crippen LogP contribution in [0.3, 0.4) is 0 Å². The Morgan fingerprint density at radius 1 is 1.48 bits per heavy atom. The molecule has 0 aromatic heterocycles. The van der Waals surface area contributed by atoms with Gasteiger partial charge in [0.2, 0.25) is 0 Å². The molecule has 7 nitrogen and oxygen atoms in total. The second-order valence-electron chi connectivity index (χ2n) is 5.61. The fraction of sp³-hybridized carbons (Fsp3) is 0.500. The second kappa shape index (κ2) is 6.09. The Balaban J connectivity index is 2.27. The SMILES string of the molecule is CC1CCN(C(=O)c2ccc(NN)c([N+](=O)[O-])c2)C(C)C1. The molecule has 0 bridgehead atoms. The fourth-order valence-electron chi connectivity index (χ4n) is 2.81. The molecule has 2 atom stereocenters. The first-order valence-electron chi connectivity index (χ1n) is 7.00. The molecule has 2 rings (SSSR count). The van der Waals surface area contributed by atoms with Gasteiger partial charge >= 0.3 is 0 Å². The number of piperidine rings is 1. The van der Waals surface area contributed by atoms with Crippen molar-refractivity contribution in [2.45, 2.75) is 32.7 Å². The van der Waals surface area contributed by atoms with Gasteiger partial charge in [0.1, 0.15) is 5.69 Å². The van der Waals surface area contributed by atoms with E-state index in [2.05, 4.69) is 12.3 Å². The third-order valence-electron chi connectivity index (χ3n) is 4.00. The predicted molar refractivity (Wildman–Crippen MR) is 79.8 cm³/mol. The molecule has 0 radical (unpaired) electrons. The van der Waals surface area contributed by atoms with Crippen molar-refractivity contribution in [3.8, 4) is 0 Å². The van der Waals surface area contributed by atoms with Crippen LogP contribution < -0.4 is 11.3 Å². The zero-order chi connectivity index (χ0) is 15.6. The second-order valence-corrected chi connectivity index (χ2v) is 5.61. The number of amides is 1. The third kappa shape index (κ3) is 3.13. The number of anilines is 1. The summed E-state index contributed by atoms with van der Waals surface area (Å²) in [7, 11) is 0. The van der Waals surface area contributed by atoms with Gasteiger partial charge in [-0.1, -0.05) is 6.92 Å². The van der Waals surface area contributed by atoms with Crippen molar-refractivity contribution in [2.24, 2.45) is 11.8 Å². The number of benzene rings is 1. The first-order valence-corrected chi connectivity index (χ1v) is 7.00. The number of hydrogen-bond acceptors (Lipinski definition) is 5. The van der Waals surface area contributed by atoms with E-state index in [0.717, 1.165) is 12.8 Å². The van der Waals surface area contributed by atoms with Gasteiger partial charge < -0.3 is 10.3 Å². The molecule has 1 aliphatic rings. The smallest absolute Gasteiger partial charge is 0.294 e. The number of hydrazine groups is 1. The van der Waals surface area contributed by atoms with E-state index in [9.17, 15) is 14.9 Å². The number of hydrogen-bond donors (Lipinski definition) is 2. The van der Waals surface area contributed by atoms with E-state index in [1.165, 1.54) is 12.1 Å². The molecule has 114 valence electrons. The quantitative estimate of drug-likeness (QED) is 0.505. The van der Waals surface area contributed by atoms with Crippen molar-refractivity contribution in [3.05, 3.63) is 33.9 Å². The summed E-state index contributed by atoms with van der Waals surface area (Å²) in [6, 6.07) is 4.45. The van der Waals surface area contributed by atoms with E-state index in [1.54, 1.807) is 11.0 Å². The van der Waals surface area contributed by atoms with Crippen LogP contribution in [0.4, 0.5) is 11.4 Å². The molecule has 0 aliphatic carbocycles. The summed E-state index contributed by atoms with van der Waals surface area (Å²) in [5, 5.41) is 11.0. The molecule has 2 unspecified atom stereocenters. The molecule has 7 heteroatoms. The standard InChI is InChI=1S/C14H20N4O3/c1-9-5-6-17(10(2)7-9)14(19)11-3-4-12(16-15)13(8-11)18(20)21/h3-4,8-10,16H,5-7,15H2,1-2H3. The van der Waals surface area contributed by atoms with Crippen molar-refractivity contribution in [1.82, 2.24) is 4.90 Å². The minimum Gasteiger partial charge on any atom is -0.336 e. The number of rotatable bonds is 3. The number of nitrogens with one attached hydrogen (secondary N) is 1. The average Bonchev–Trinajstić information content (AvgIpc) is 2.45. The number of nitrogen functional groups attached to an aromatic ring is 1. The predicted octanol–water partition coefficient (Wildman–Crippen LogP) is 2.14. The molecule has 0 spiro atoms. The van der Waals surface area contributed by atoms with Crippen molar-refractivity contribution >= 4 is 17.3 Å². The molecule has 1 aliphatic heterocycles. The van der Waals surface area contributed by atoms with Crippen LogP contribution in [-0.2, 0) is 0 Å². The lowest BCUT2D eigenvalue weighted by Crippen LogP contribution is -2.44. The van der Waals surface area contributed by atoms with Crippen LogP contribution in [0.1, 0.15) is 37.0 Å². The van der Waals surface area contributed by atoms with Gasteiger partial charge in [-0.3, -0.25) is 20.8 Å². The largest absolute Gasteiger partial charge is 0.336 e. The Labute approximate surface area is 123 Å². The first-order chi connectivity index (χ1) is 9.93. The number of nitro groups is 1. The van der Waals surface area contributed by atoms with E-state index >= 15 is 0 Å². The molecule has 1 aromatic rings. The van der Waals surface area contributed by atoms with Crippen LogP contribution in [0.25, 0.3) is 0 Å². The summed E-state index contributed by atoms with van der Waals surface area (Å²) < 4.78 is 0. The molecule has 1 amide bonds. The van der Waals surface area contributed by atoms with Crippen LogP contribution >= 0.6 is 0 Å². The maximum absolute atomic E-state index is 12.5. The van der Waals surface area contributed by atoms with Crippen LogP contribution in [0.2, 0.25) is 0 Å². The Hall–Kier alpha value is -2.15. The average molecular weight is 292 g/mol. The highest BCUT2D eigenvalue weighted by atomic mass is 16.6. The molecule has 1 aromatic carbocycles. The Morgan fingerprint density at radius 2 is 2.19 bits per heavy atom. The molecular weight excluding hydrogens is 272 g/mol. The molecule has 21 heavy (non-hydrogen) atoms. The van der Waals surface area contributed by atoms with Gasteiger partial charge in [0.25, 0.3) is 11.6 Å². The lowest BCUT2D eigenvalue weighted by Gasteiger charge is -2.36. The number of nitrogens with zero attached hydrogens (tertiary/aromatic N) is 2. The number of likely N-dealkylation sites (tertiary alicyclic amines) is 1. The zero-order valence-corrected chi connectivity index (χ0v) is 12.2. The summed E-state index contributed by atoms with van der Waals surface area (Å²) >= 11 is 0. The molecule has 1 heterocycles. The maximum atomic E-state index is 12.5. The normalized spacial score (nSPS) is 22.0. The van der Waals surface area contributed by atoms with E-state index in [4.69, 9.17) is 5.84 Å². The van der Waals surface area contributed by atoms with Crippen LogP contribution in [0.15, 0.2) is 18.2 Å². The van der Waals surface area contributed by atoms with E-state index in [1.807, 2.05) is 6.92 Å². The Morgan fingerprint density at radius 3 is 2.76 bits per heavy atom. The van der Waals surface area contributed by atoms with Gasteiger partial charge in [-0.25, -0.2) is 0 Å². The molecular formula is C14H20N4O3. The number of nitrogens with two attached hydrogens (primary N) is 1. The first kappa shape index (κ1) is 15.2. The van der Waals surface area contributed by atoms with Gasteiger partial charge in [0.15, 0.2) is 0 Å². The van der Waals surface area contributed by atoms with E-state index in [0.29, 0.717) is 18.0 Å². The minimum atomic E-state index is -0.548. The Bertz CT molecular complexity index is 561. The van der Waals surface area contributed by atoms with Crippen LogP contribution in [-0.4, -0.2) is 28.3 Å². The topological polar surface area (TPSA) is 102 Å². The third-order valence-corrected chi connectivity index (χ3v) is 4.00. The van der Waals surface area contributed by atoms with Gasteiger partial charge in [-0.15, -0.1) is 0 Å². The van der Waals surface area contributed by atoms with Crippen LogP contribution in [0.5, 0.6) is 0 Å². The summed E-state index contributed by atoms with van der Waals surface area (Å²) in [6.07, 6.45) is 1.91. The van der Waals surface area contributed by atoms with Gasteiger partial charge in [-0.05, 0) is 37.8 Å². The maximum Gasteiger partial charge on any atom is 0.294 e.